The number of hydrogen-bond acceptors (Lipinski definition) is 9. The quantitative estimate of drug-likeness (QED) is 0.286. The van der Waals surface area contributed by atoms with Gasteiger partial charge in [0, 0.05) is 56.1 Å². The van der Waals surface area contributed by atoms with Gasteiger partial charge in [0.2, 0.25) is 5.88 Å². The second-order valence-corrected chi connectivity index (χ2v) is 9.76. The molecule has 4 N–H and O–H groups in total. The summed E-state index contributed by atoms with van der Waals surface area (Å²) in [6.45, 7) is 15.0. The second-order valence-electron chi connectivity index (χ2n) is 9.76. The molecule has 12 heteroatoms. The molecule has 1 aliphatic rings. The van der Waals surface area contributed by atoms with Crippen LogP contribution in [0.4, 0.5) is 20.4 Å². The Labute approximate surface area is 237 Å². The number of anilines is 2. The van der Waals surface area contributed by atoms with E-state index in [0.29, 0.717) is 17.2 Å². The molecule has 4 heterocycles. The van der Waals surface area contributed by atoms with E-state index in [-0.39, 0.29) is 33.9 Å². The molecule has 1 saturated heterocycles. The number of nitriles is 1. The molecule has 1 aliphatic heterocycles. The summed E-state index contributed by atoms with van der Waals surface area (Å²) in [7, 11) is 0. The molecule has 4 aromatic rings. The summed E-state index contributed by atoms with van der Waals surface area (Å²) in [4.78, 5) is 20.1. The molecule has 0 amide bonds. The number of piperazine rings is 1. The summed E-state index contributed by atoms with van der Waals surface area (Å²) in [5, 5.41) is 12.8. The van der Waals surface area contributed by atoms with Crippen LogP contribution in [-0.2, 0) is 6.54 Å². The molecule has 5 rings (SSSR count). The number of likely N-dealkylation sites (N-methyl/N-ethyl adjacent to an activating group) is 1. The average molecular weight is 562 g/mol. The van der Waals surface area contributed by atoms with Crippen molar-refractivity contribution in [2.75, 3.05) is 38.0 Å². The normalized spacial score (nSPS) is 13.8. The molecular formula is C29H33F2N9O. The van der Waals surface area contributed by atoms with Crippen LogP contribution >= 0.6 is 0 Å². The predicted molar refractivity (Wildman–Crippen MR) is 154 cm³/mol. The number of aryl methyl sites for hydroxylation is 1. The van der Waals surface area contributed by atoms with E-state index in [1.54, 1.807) is 26.1 Å². The van der Waals surface area contributed by atoms with Gasteiger partial charge in [-0.25, -0.2) is 23.7 Å². The van der Waals surface area contributed by atoms with Crippen molar-refractivity contribution in [3.05, 3.63) is 77.5 Å². The topological polar surface area (TPSA) is 132 Å². The second kappa shape index (κ2) is 13.2. The third-order valence-electron chi connectivity index (χ3n) is 6.42. The Morgan fingerprint density at radius 2 is 1.88 bits per heavy atom. The van der Waals surface area contributed by atoms with Crippen molar-refractivity contribution in [2.24, 2.45) is 5.73 Å². The molecule has 1 fully saturated rings. The smallest absolute Gasteiger partial charge is 0.242 e. The lowest BCUT2D eigenvalue weighted by Crippen LogP contribution is -2.45. The lowest BCUT2D eigenvalue weighted by molar-refractivity contribution is 0.132. The van der Waals surface area contributed by atoms with Gasteiger partial charge in [-0.15, -0.1) is 0 Å². The van der Waals surface area contributed by atoms with Crippen LogP contribution in [0.2, 0.25) is 0 Å². The molecule has 10 nitrogen and oxygen atoms in total. The fourth-order valence-electron chi connectivity index (χ4n) is 4.39. The molecule has 41 heavy (non-hydrogen) atoms. The van der Waals surface area contributed by atoms with Crippen LogP contribution < -0.4 is 15.8 Å². The summed E-state index contributed by atoms with van der Waals surface area (Å²) in [5.41, 5.74) is 7.25. The average Bonchev–Trinajstić information content (AvgIpc) is 3.35. The van der Waals surface area contributed by atoms with Gasteiger partial charge in [0.1, 0.15) is 18.2 Å². The first-order valence-electron chi connectivity index (χ1n) is 13.2. The standard InChI is InChI=1S/C26H26F2N8O.C3H7N/c1-3-35-6-8-36(9-7-35)14-17-4-5-22(30-13-17)34-25-19(12-29)26(32-15-31-25)37-21-11-20(27)24-18(23(21)28)10-16(2)33-24;1-3(2)4/h4-5,10-11,13,15,33H,3,6-9,14H2,1-2H3,(H,30,31,32,34);1,4H2,2H3. The maximum absolute atomic E-state index is 15.0. The Morgan fingerprint density at radius 1 is 1.17 bits per heavy atom. The van der Waals surface area contributed by atoms with E-state index in [1.807, 2.05) is 12.1 Å². The van der Waals surface area contributed by atoms with E-state index in [9.17, 15) is 9.65 Å². The number of nitrogens with one attached hydrogen (secondary N) is 2. The number of benzene rings is 1. The van der Waals surface area contributed by atoms with Crippen molar-refractivity contribution < 1.29 is 13.5 Å². The van der Waals surface area contributed by atoms with Gasteiger partial charge in [0.05, 0.1) is 5.52 Å². The third kappa shape index (κ3) is 7.33. The molecule has 0 aliphatic carbocycles. The van der Waals surface area contributed by atoms with Crippen LogP contribution in [0.1, 0.15) is 30.7 Å². The minimum atomic E-state index is -0.758. The zero-order chi connectivity index (χ0) is 29.5. The number of nitrogens with zero attached hydrogens (tertiary/aromatic N) is 6. The van der Waals surface area contributed by atoms with Gasteiger partial charge in [0.15, 0.2) is 28.8 Å². The SMILES string of the molecule is C=C(C)N.CCN1CCN(Cc2ccc(Nc3ncnc(Oc4cc(F)c5[nH]c(C)cc5c4F)c3C#N)nc2)CC1. The molecule has 0 spiro atoms. The van der Waals surface area contributed by atoms with Crippen molar-refractivity contribution in [3.8, 4) is 17.7 Å². The van der Waals surface area contributed by atoms with E-state index < -0.39 is 11.6 Å². The van der Waals surface area contributed by atoms with Crippen LogP contribution in [-0.4, -0.2) is 62.5 Å². The molecule has 3 aromatic heterocycles. The number of halogens is 2. The molecule has 214 valence electrons. The summed E-state index contributed by atoms with van der Waals surface area (Å²) < 4.78 is 35.1. The van der Waals surface area contributed by atoms with Gasteiger partial charge < -0.3 is 25.7 Å². The number of nitrogens with two attached hydrogens (primary N) is 1. The fraction of sp³-hybridized carbons (Fsp3) is 0.310. The van der Waals surface area contributed by atoms with Crippen LogP contribution in [0.15, 0.2) is 49.1 Å². The monoisotopic (exact) mass is 561 g/mol. The Kier molecular flexibility index (Phi) is 9.44. The van der Waals surface area contributed by atoms with Crippen LogP contribution in [0.3, 0.4) is 0 Å². The van der Waals surface area contributed by atoms with Crippen LogP contribution in [0.5, 0.6) is 11.6 Å². The van der Waals surface area contributed by atoms with Gasteiger partial charge in [-0.3, -0.25) is 4.90 Å². The number of hydrogen-bond donors (Lipinski definition) is 3. The highest BCUT2D eigenvalue weighted by Gasteiger charge is 2.20. The summed E-state index contributed by atoms with van der Waals surface area (Å²) in [6.07, 6.45) is 2.96. The van der Waals surface area contributed by atoms with E-state index in [0.717, 1.165) is 50.9 Å². The third-order valence-corrected chi connectivity index (χ3v) is 6.42. The number of rotatable bonds is 7. The lowest BCUT2D eigenvalue weighted by atomic mass is 10.2. The number of aromatic nitrogens is 4. The lowest BCUT2D eigenvalue weighted by Gasteiger charge is -2.33. The van der Waals surface area contributed by atoms with Gasteiger partial charge in [-0.2, -0.15) is 5.26 Å². The van der Waals surface area contributed by atoms with Crippen molar-refractivity contribution >= 4 is 22.5 Å². The van der Waals surface area contributed by atoms with Gasteiger partial charge in [-0.05, 0) is 43.8 Å². The highest BCUT2D eigenvalue weighted by Crippen LogP contribution is 2.34. The number of allylic oxidation sites excluding steroid dienone is 1. The number of pyridine rings is 1. The highest BCUT2D eigenvalue weighted by atomic mass is 19.1. The minimum Gasteiger partial charge on any atom is -0.434 e. The zero-order valence-electron chi connectivity index (χ0n) is 23.3. The van der Waals surface area contributed by atoms with Crippen LogP contribution in [0.25, 0.3) is 10.9 Å². The minimum absolute atomic E-state index is 0.0469. The maximum Gasteiger partial charge on any atom is 0.242 e. The molecular weight excluding hydrogens is 528 g/mol. The van der Waals surface area contributed by atoms with Gasteiger partial charge >= 0.3 is 0 Å². The Hall–Kier alpha value is -4.60. The largest absolute Gasteiger partial charge is 0.434 e. The van der Waals surface area contributed by atoms with Crippen molar-refractivity contribution in [1.29, 1.82) is 5.26 Å². The molecule has 0 atom stereocenters. The number of H-pyrrole nitrogens is 1. The van der Waals surface area contributed by atoms with Gasteiger partial charge in [0.25, 0.3) is 0 Å². The number of aromatic amines is 1. The molecule has 0 radical (unpaired) electrons. The van der Waals surface area contributed by atoms with E-state index in [2.05, 4.69) is 48.6 Å². The van der Waals surface area contributed by atoms with Gasteiger partial charge in [-0.1, -0.05) is 19.6 Å². The molecule has 0 unspecified atom stereocenters. The Bertz CT molecular complexity index is 1550. The molecule has 1 aromatic carbocycles. The Balaban J connectivity index is 0.000000909. The first-order valence-corrected chi connectivity index (χ1v) is 13.2. The molecule has 0 saturated carbocycles. The van der Waals surface area contributed by atoms with E-state index in [4.69, 9.17) is 10.5 Å². The van der Waals surface area contributed by atoms with E-state index >= 15 is 4.39 Å². The van der Waals surface area contributed by atoms with Crippen molar-refractivity contribution in [1.82, 2.24) is 29.7 Å². The molecule has 0 bridgehead atoms. The van der Waals surface area contributed by atoms with E-state index in [1.165, 1.54) is 12.4 Å². The summed E-state index contributed by atoms with van der Waals surface area (Å²) >= 11 is 0. The van der Waals surface area contributed by atoms with Crippen molar-refractivity contribution in [3.63, 3.8) is 0 Å². The fourth-order valence-corrected chi connectivity index (χ4v) is 4.39. The predicted octanol–water partition coefficient (Wildman–Crippen LogP) is 4.96. The maximum atomic E-state index is 15.0. The summed E-state index contributed by atoms with van der Waals surface area (Å²) in [5.74, 6) is -1.40. The Morgan fingerprint density at radius 3 is 2.51 bits per heavy atom. The van der Waals surface area contributed by atoms with Crippen LogP contribution in [0, 0.1) is 29.9 Å². The summed E-state index contributed by atoms with van der Waals surface area (Å²) in [6, 6.07) is 8.16. The number of fused-ring (bicyclic) bond motifs is 1. The number of ether oxygens (including phenoxy) is 1. The first kappa shape index (κ1) is 29.4. The highest BCUT2D eigenvalue weighted by molar-refractivity contribution is 5.83. The van der Waals surface area contributed by atoms with Crippen molar-refractivity contribution in [2.45, 2.75) is 27.3 Å². The first-order chi connectivity index (χ1) is 19.7. The zero-order valence-corrected chi connectivity index (χ0v) is 23.3.